The minimum absolute atomic E-state index is 0.0471. The van der Waals surface area contributed by atoms with Crippen molar-refractivity contribution in [3.8, 4) is 0 Å². The Morgan fingerprint density at radius 3 is 2.61 bits per heavy atom. The van der Waals surface area contributed by atoms with Crippen molar-refractivity contribution in [3.05, 3.63) is 76.6 Å². The predicted molar refractivity (Wildman–Crippen MR) is 113 cm³/mol. The molecule has 144 valence electrons. The molecule has 0 N–H and O–H groups in total. The van der Waals surface area contributed by atoms with Crippen molar-refractivity contribution < 1.29 is 4.79 Å². The first kappa shape index (κ1) is 18.9. The van der Waals surface area contributed by atoms with E-state index in [2.05, 4.69) is 28.3 Å². The summed E-state index contributed by atoms with van der Waals surface area (Å²) in [6.45, 7) is 4.24. The maximum Gasteiger partial charge on any atom is 0.254 e. The Morgan fingerprint density at radius 2 is 1.89 bits per heavy atom. The molecule has 2 heterocycles. The van der Waals surface area contributed by atoms with Crippen molar-refractivity contribution in [2.45, 2.75) is 19.4 Å². The summed E-state index contributed by atoms with van der Waals surface area (Å²) in [4.78, 5) is 21.7. The number of piperazine rings is 1. The van der Waals surface area contributed by atoms with Crippen molar-refractivity contribution in [3.63, 3.8) is 0 Å². The van der Waals surface area contributed by atoms with E-state index in [1.165, 1.54) is 17.1 Å². The predicted octanol–water partition coefficient (Wildman–Crippen LogP) is 4.13. The minimum Gasteiger partial charge on any atom is -0.343 e. The highest BCUT2D eigenvalue weighted by atomic mass is 35.5. The second kappa shape index (κ2) is 8.29. The number of carbonyl (C=O) groups excluding carboxylic acids is 1. The van der Waals surface area contributed by atoms with Gasteiger partial charge in [-0.2, -0.15) is 4.37 Å². The van der Waals surface area contributed by atoms with E-state index in [9.17, 15) is 4.79 Å². The van der Waals surface area contributed by atoms with E-state index in [0.717, 1.165) is 30.5 Å². The van der Waals surface area contributed by atoms with Gasteiger partial charge in [0, 0.05) is 54.2 Å². The molecule has 0 saturated carbocycles. The molecule has 1 unspecified atom stereocenters. The first-order chi connectivity index (χ1) is 13.6. The van der Waals surface area contributed by atoms with Crippen LogP contribution in [-0.4, -0.2) is 45.8 Å². The van der Waals surface area contributed by atoms with Crippen LogP contribution in [0.4, 0.5) is 5.13 Å². The van der Waals surface area contributed by atoms with E-state index in [0.29, 0.717) is 17.1 Å². The van der Waals surface area contributed by atoms with Gasteiger partial charge in [-0.25, -0.2) is 4.98 Å². The molecule has 1 saturated heterocycles. The molecular weight excluding hydrogens is 392 g/mol. The summed E-state index contributed by atoms with van der Waals surface area (Å²) in [7, 11) is 0. The third-order valence-electron chi connectivity index (χ3n) is 4.91. The van der Waals surface area contributed by atoms with Gasteiger partial charge in [0.25, 0.3) is 5.91 Å². The number of carbonyl (C=O) groups is 1. The number of halogens is 1. The lowest BCUT2D eigenvalue weighted by atomic mass is 10.1. The Morgan fingerprint density at radius 1 is 1.14 bits per heavy atom. The van der Waals surface area contributed by atoms with Gasteiger partial charge in [0.05, 0.1) is 0 Å². The van der Waals surface area contributed by atoms with Crippen molar-refractivity contribution >= 4 is 34.2 Å². The molecule has 4 rings (SSSR count). The molecule has 0 radical (unpaired) electrons. The van der Waals surface area contributed by atoms with Crippen LogP contribution in [0.5, 0.6) is 0 Å². The number of amides is 1. The van der Waals surface area contributed by atoms with E-state index >= 15 is 0 Å². The van der Waals surface area contributed by atoms with Gasteiger partial charge in [-0.15, -0.1) is 0 Å². The summed E-state index contributed by atoms with van der Waals surface area (Å²) in [6.07, 6.45) is 0.738. The summed E-state index contributed by atoms with van der Waals surface area (Å²) < 4.78 is 4.52. The van der Waals surface area contributed by atoms with Gasteiger partial charge < -0.3 is 9.80 Å². The van der Waals surface area contributed by atoms with Crippen LogP contribution in [0.15, 0.2) is 54.6 Å². The summed E-state index contributed by atoms with van der Waals surface area (Å²) >= 11 is 7.36. The third-order valence-corrected chi connectivity index (χ3v) is 5.98. The van der Waals surface area contributed by atoms with Gasteiger partial charge >= 0.3 is 0 Å². The van der Waals surface area contributed by atoms with Crippen LogP contribution in [0.1, 0.15) is 28.7 Å². The normalized spacial score (nSPS) is 17.0. The molecule has 1 aromatic heterocycles. The van der Waals surface area contributed by atoms with E-state index in [4.69, 9.17) is 16.6 Å². The highest BCUT2D eigenvalue weighted by Crippen LogP contribution is 2.23. The lowest BCUT2D eigenvalue weighted by Crippen LogP contribution is -2.54. The second-order valence-corrected chi connectivity index (χ2v) is 8.12. The van der Waals surface area contributed by atoms with Crippen LogP contribution in [0.2, 0.25) is 5.02 Å². The Bertz CT molecular complexity index is 945. The molecule has 7 heteroatoms. The molecule has 0 bridgehead atoms. The SMILES string of the molecule is CC1CN(c2nc(Cc3ccccc3)ns2)CCN1C(=O)c1ccc(Cl)cc1. The monoisotopic (exact) mass is 412 g/mol. The number of hydrogen-bond acceptors (Lipinski definition) is 5. The Labute approximate surface area is 173 Å². The standard InChI is InChI=1S/C21H21ClN4OS/c1-15-14-25(11-12-26(15)20(27)17-7-9-18(22)10-8-17)21-23-19(24-28-21)13-16-5-3-2-4-6-16/h2-10,15H,11-14H2,1H3. The molecule has 28 heavy (non-hydrogen) atoms. The van der Waals surface area contributed by atoms with Crippen LogP contribution in [0.25, 0.3) is 0 Å². The summed E-state index contributed by atoms with van der Waals surface area (Å²) in [5, 5.41) is 1.56. The first-order valence-electron chi connectivity index (χ1n) is 9.28. The van der Waals surface area contributed by atoms with Gasteiger partial charge in [0.1, 0.15) is 5.82 Å². The number of rotatable bonds is 4. The summed E-state index contributed by atoms with van der Waals surface area (Å²) in [5.74, 6) is 0.893. The molecule has 1 amide bonds. The van der Waals surface area contributed by atoms with Gasteiger partial charge in [0.2, 0.25) is 5.13 Å². The molecular formula is C21H21ClN4OS. The quantitative estimate of drug-likeness (QED) is 0.646. The fourth-order valence-corrected chi connectivity index (χ4v) is 4.26. The number of anilines is 1. The highest BCUT2D eigenvalue weighted by Gasteiger charge is 2.29. The zero-order valence-corrected chi connectivity index (χ0v) is 17.2. The van der Waals surface area contributed by atoms with Gasteiger partial charge in [-0.3, -0.25) is 4.79 Å². The Hall–Kier alpha value is -2.44. The van der Waals surface area contributed by atoms with Crippen LogP contribution in [0.3, 0.4) is 0 Å². The van der Waals surface area contributed by atoms with Crippen LogP contribution >= 0.6 is 23.1 Å². The molecule has 1 atom stereocenters. The number of nitrogens with zero attached hydrogens (tertiary/aromatic N) is 4. The zero-order valence-electron chi connectivity index (χ0n) is 15.6. The number of benzene rings is 2. The smallest absolute Gasteiger partial charge is 0.254 e. The lowest BCUT2D eigenvalue weighted by Gasteiger charge is -2.39. The molecule has 1 aliphatic rings. The number of hydrogen-bond donors (Lipinski definition) is 0. The Kier molecular flexibility index (Phi) is 5.59. The fraction of sp³-hybridized carbons (Fsp3) is 0.286. The van der Waals surface area contributed by atoms with Gasteiger partial charge in [0.15, 0.2) is 0 Å². The largest absolute Gasteiger partial charge is 0.343 e. The number of aromatic nitrogens is 2. The topological polar surface area (TPSA) is 49.3 Å². The molecule has 5 nitrogen and oxygen atoms in total. The van der Waals surface area contributed by atoms with E-state index in [-0.39, 0.29) is 11.9 Å². The van der Waals surface area contributed by atoms with E-state index in [1.807, 2.05) is 23.1 Å². The molecule has 1 aliphatic heterocycles. The molecule has 0 aliphatic carbocycles. The third kappa shape index (κ3) is 4.18. The fourth-order valence-electron chi connectivity index (χ4n) is 3.41. The average Bonchev–Trinajstić information content (AvgIpc) is 3.17. The molecule has 3 aromatic rings. The van der Waals surface area contributed by atoms with Crippen molar-refractivity contribution in [2.24, 2.45) is 0 Å². The maximum atomic E-state index is 12.8. The summed E-state index contributed by atoms with van der Waals surface area (Å²) in [5.41, 5.74) is 1.88. The first-order valence-corrected chi connectivity index (χ1v) is 10.4. The van der Waals surface area contributed by atoms with Crippen molar-refractivity contribution in [1.29, 1.82) is 0 Å². The molecule has 2 aromatic carbocycles. The maximum absolute atomic E-state index is 12.8. The van der Waals surface area contributed by atoms with E-state index < -0.39 is 0 Å². The van der Waals surface area contributed by atoms with Crippen molar-refractivity contribution in [2.75, 3.05) is 24.5 Å². The summed E-state index contributed by atoms with van der Waals surface area (Å²) in [6, 6.07) is 17.4. The zero-order chi connectivity index (χ0) is 19.5. The Balaban J connectivity index is 1.40. The van der Waals surface area contributed by atoms with E-state index in [1.54, 1.807) is 24.3 Å². The van der Waals surface area contributed by atoms with Crippen LogP contribution in [0, 0.1) is 0 Å². The minimum atomic E-state index is 0.0471. The second-order valence-electron chi connectivity index (χ2n) is 6.96. The highest BCUT2D eigenvalue weighted by molar-refractivity contribution is 7.09. The lowest BCUT2D eigenvalue weighted by molar-refractivity contribution is 0.0674. The van der Waals surface area contributed by atoms with Crippen LogP contribution < -0.4 is 4.90 Å². The van der Waals surface area contributed by atoms with Crippen LogP contribution in [-0.2, 0) is 6.42 Å². The van der Waals surface area contributed by atoms with Gasteiger partial charge in [-0.1, -0.05) is 41.9 Å². The molecule has 0 spiro atoms. The average molecular weight is 413 g/mol. The van der Waals surface area contributed by atoms with Crippen molar-refractivity contribution in [1.82, 2.24) is 14.3 Å². The van der Waals surface area contributed by atoms with Gasteiger partial charge in [-0.05, 0) is 36.8 Å². The molecule has 1 fully saturated rings.